The number of hydrogen-bond acceptors (Lipinski definition) is 3. The molecule has 0 saturated carbocycles. The van der Waals surface area contributed by atoms with Crippen molar-refractivity contribution in [3.63, 3.8) is 0 Å². The fourth-order valence-electron chi connectivity index (χ4n) is 2.14. The van der Waals surface area contributed by atoms with E-state index in [-0.39, 0.29) is 36.7 Å². The van der Waals surface area contributed by atoms with Crippen molar-refractivity contribution in [1.82, 2.24) is 10.6 Å². The second-order valence-electron chi connectivity index (χ2n) is 4.86. The Labute approximate surface area is 124 Å². The Hall–Kier alpha value is -1.33. The maximum Gasteiger partial charge on any atom is 0.258 e. The van der Waals surface area contributed by atoms with E-state index in [1.165, 1.54) is 12.1 Å². The summed E-state index contributed by atoms with van der Waals surface area (Å²) < 4.78 is 18.5. The minimum absolute atomic E-state index is 0. The van der Waals surface area contributed by atoms with E-state index in [4.69, 9.17) is 4.74 Å². The second kappa shape index (κ2) is 8.07. The van der Waals surface area contributed by atoms with E-state index in [0.717, 1.165) is 19.5 Å². The van der Waals surface area contributed by atoms with Gasteiger partial charge in [-0.25, -0.2) is 4.39 Å². The van der Waals surface area contributed by atoms with E-state index in [9.17, 15) is 9.18 Å². The standard InChI is InChI=1S/C14H19FN2O2.ClH/c1-10-6-7-16-8-12(10)17-14(18)9-19-13-5-3-2-4-11(13)15;/h2-5,10,12,16H,6-9H2,1H3,(H,17,18);1H. The highest BCUT2D eigenvalue weighted by Gasteiger charge is 2.22. The van der Waals surface area contributed by atoms with Crippen LogP contribution in [-0.2, 0) is 4.79 Å². The smallest absolute Gasteiger partial charge is 0.258 e. The third-order valence-electron chi connectivity index (χ3n) is 3.37. The highest BCUT2D eigenvalue weighted by molar-refractivity contribution is 5.85. The van der Waals surface area contributed by atoms with Crippen molar-refractivity contribution in [1.29, 1.82) is 0 Å². The Morgan fingerprint density at radius 1 is 1.50 bits per heavy atom. The van der Waals surface area contributed by atoms with Gasteiger partial charge in [-0.05, 0) is 31.0 Å². The summed E-state index contributed by atoms with van der Waals surface area (Å²) in [6.07, 6.45) is 1.04. The van der Waals surface area contributed by atoms with E-state index in [0.29, 0.717) is 5.92 Å². The van der Waals surface area contributed by atoms with Gasteiger partial charge in [0, 0.05) is 12.6 Å². The highest BCUT2D eigenvalue weighted by Crippen LogP contribution is 2.15. The Balaban J connectivity index is 0.00000200. The molecule has 20 heavy (non-hydrogen) atoms. The highest BCUT2D eigenvalue weighted by atomic mass is 35.5. The zero-order valence-corrected chi connectivity index (χ0v) is 12.2. The molecule has 1 heterocycles. The average Bonchev–Trinajstić information content (AvgIpc) is 2.40. The molecule has 2 rings (SSSR count). The first-order valence-corrected chi connectivity index (χ1v) is 6.54. The first-order chi connectivity index (χ1) is 9.16. The van der Waals surface area contributed by atoms with Gasteiger partial charge in [-0.3, -0.25) is 4.79 Å². The number of benzene rings is 1. The van der Waals surface area contributed by atoms with Crippen molar-refractivity contribution in [3.05, 3.63) is 30.1 Å². The Morgan fingerprint density at radius 3 is 2.95 bits per heavy atom. The first-order valence-electron chi connectivity index (χ1n) is 6.54. The number of carbonyl (C=O) groups excluding carboxylic acids is 1. The fourth-order valence-corrected chi connectivity index (χ4v) is 2.14. The van der Waals surface area contributed by atoms with E-state index >= 15 is 0 Å². The van der Waals surface area contributed by atoms with Gasteiger partial charge in [0.2, 0.25) is 0 Å². The van der Waals surface area contributed by atoms with Crippen LogP contribution in [-0.4, -0.2) is 31.6 Å². The molecule has 0 aromatic heterocycles. The summed E-state index contributed by atoms with van der Waals surface area (Å²) in [6.45, 7) is 3.71. The molecule has 1 fully saturated rings. The van der Waals surface area contributed by atoms with Gasteiger partial charge in [0.15, 0.2) is 18.2 Å². The Kier molecular flexibility index (Phi) is 6.75. The number of para-hydroxylation sites is 1. The van der Waals surface area contributed by atoms with E-state index in [1.807, 2.05) is 0 Å². The van der Waals surface area contributed by atoms with Gasteiger partial charge in [-0.1, -0.05) is 19.1 Å². The van der Waals surface area contributed by atoms with Crippen LogP contribution in [0.5, 0.6) is 5.75 Å². The van der Waals surface area contributed by atoms with Crippen LogP contribution in [0.2, 0.25) is 0 Å². The van der Waals surface area contributed by atoms with E-state index < -0.39 is 5.82 Å². The minimum Gasteiger partial charge on any atom is -0.481 e. The van der Waals surface area contributed by atoms with Gasteiger partial charge >= 0.3 is 0 Å². The van der Waals surface area contributed by atoms with Crippen molar-refractivity contribution in [2.45, 2.75) is 19.4 Å². The van der Waals surface area contributed by atoms with Crippen LogP contribution in [0.25, 0.3) is 0 Å². The van der Waals surface area contributed by atoms with Crippen LogP contribution in [0.15, 0.2) is 24.3 Å². The van der Waals surface area contributed by atoms with E-state index in [1.54, 1.807) is 12.1 Å². The third kappa shape index (κ3) is 4.65. The summed E-state index contributed by atoms with van der Waals surface area (Å²) in [4.78, 5) is 11.8. The van der Waals surface area contributed by atoms with Gasteiger partial charge in [0.1, 0.15) is 0 Å². The van der Waals surface area contributed by atoms with Crippen LogP contribution in [0.4, 0.5) is 4.39 Å². The molecule has 2 unspecified atom stereocenters. The number of rotatable bonds is 4. The molecule has 6 heteroatoms. The molecule has 2 N–H and O–H groups in total. The van der Waals surface area contributed by atoms with Crippen LogP contribution in [0, 0.1) is 11.7 Å². The van der Waals surface area contributed by atoms with Gasteiger partial charge in [0.25, 0.3) is 5.91 Å². The van der Waals surface area contributed by atoms with Crippen molar-refractivity contribution < 1.29 is 13.9 Å². The quantitative estimate of drug-likeness (QED) is 0.891. The Bertz CT molecular complexity index is 445. The van der Waals surface area contributed by atoms with Crippen LogP contribution < -0.4 is 15.4 Å². The summed E-state index contributed by atoms with van der Waals surface area (Å²) in [6, 6.07) is 6.18. The lowest BCUT2D eigenvalue weighted by Gasteiger charge is -2.30. The number of carbonyl (C=O) groups is 1. The van der Waals surface area contributed by atoms with Gasteiger partial charge in [-0.15, -0.1) is 12.4 Å². The van der Waals surface area contributed by atoms with Gasteiger partial charge < -0.3 is 15.4 Å². The predicted octanol–water partition coefficient (Wildman–Crippen LogP) is 1.74. The van der Waals surface area contributed by atoms with Crippen LogP contribution in [0.3, 0.4) is 0 Å². The predicted molar refractivity (Wildman–Crippen MR) is 77.7 cm³/mol. The first kappa shape index (κ1) is 16.7. The molecule has 2 atom stereocenters. The van der Waals surface area contributed by atoms with Crippen LogP contribution in [0.1, 0.15) is 13.3 Å². The summed E-state index contributed by atoms with van der Waals surface area (Å²) in [5.41, 5.74) is 0. The largest absolute Gasteiger partial charge is 0.481 e. The molecule has 0 aliphatic carbocycles. The average molecular weight is 303 g/mol. The molecule has 1 aromatic rings. The molecular formula is C14H20ClFN2O2. The SMILES string of the molecule is CC1CCNCC1NC(=O)COc1ccccc1F.Cl. The third-order valence-corrected chi connectivity index (χ3v) is 3.37. The maximum absolute atomic E-state index is 13.3. The molecule has 1 aromatic carbocycles. The number of amides is 1. The Morgan fingerprint density at radius 2 is 2.25 bits per heavy atom. The van der Waals surface area contributed by atoms with Crippen molar-refractivity contribution in [2.75, 3.05) is 19.7 Å². The lowest BCUT2D eigenvalue weighted by atomic mass is 9.95. The summed E-state index contributed by atoms with van der Waals surface area (Å²) in [5, 5.41) is 6.15. The lowest BCUT2D eigenvalue weighted by Crippen LogP contribution is -2.51. The summed E-state index contributed by atoms with van der Waals surface area (Å²) >= 11 is 0. The monoisotopic (exact) mass is 302 g/mol. The number of piperidine rings is 1. The molecular weight excluding hydrogens is 283 g/mol. The molecule has 1 aliphatic heterocycles. The van der Waals surface area contributed by atoms with E-state index in [2.05, 4.69) is 17.6 Å². The molecule has 1 saturated heterocycles. The fraction of sp³-hybridized carbons (Fsp3) is 0.500. The zero-order valence-electron chi connectivity index (χ0n) is 11.4. The van der Waals surface area contributed by atoms with Gasteiger partial charge in [0.05, 0.1) is 0 Å². The molecule has 0 bridgehead atoms. The second-order valence-corrected chi connectivity index (χ2v) is 4.86. The maximum atomic E-state index is 13.3. The molecule has 1 amide bonds. The summed E-state index contributed by atoms with van der Waals surface area (Å²) in [7, 11) is 0. The molecule has 1 aliphatic rings. The number of halogens is 2. The van der Waals surface area contributed by atoms with Crippen molar-refractivity contribution in [2.24, 2.45) is 5.92 Å². The van der Waals surface area contributed by atoms with Crippen LogP contribution >= 0.6 is 12.4 Å². The normalized spacial score (nSPS) is 21.7. The topological polar surface area (TPSA) is 50.4 Å². The number of nitrogens with one attached hydrogen (secondary N) is 2. The minimum atomic E-state index is -0.456. The molecule has 0 spiro atoms. The zero-order chi connectivity index (χ0) is 13.7. The van der Waals surface area contributed by atoms with Gasteiger partial charge in [-0.2, -0.15) is 0 Å². The summed E-state index contributed by atoms with van der Waals surface area (Å²) in [5.74, 6) is -0.127. The molecule has 112 valence electrons. The number of ether oxygens (including phenoxy) is 1. The van der Waals surface area contributed by atoms with Crippen molar-refractivity contribution >= 4 is 18.3 Å². The van der Waals surface area contributed by atoms with Crippen molar-refractivity contribution in [3.8, 4) is 5.75 Å². The number of hydrogen-bond donors (Lipinski definition) is 2. The molecule has 4 nitrogen and oxygen atoms in total. The molecule has 0 radical (unpaired) electrons. The lowest BCUT2D eigenvalue weighted by molar-refractivity contribution is -0.124.